The second-order valence-corrected chi connectivity index (χ2v) is 6.91. The molecule has 0 amide bonds. The van der Waals surface area contributed by atoms with E-state index in [-0.39, 0.29) is 17.1 Å². The minimum Gasteiger partial charge on any atom is -0.240 e. The minimum atomic E-state index is 0. The molecule has 1 heterocycles. The smallest absolute Gasteiger partial charge is 0.240 e. The summed E-state index contributed by atoms with van der Waals surface area (Å²) in [5, 5.41) is 0. The maximum absolute atomic E-state index is 2.29. The van der Waals surface area contributed by atoms with Gasteiger partial charge in [0.25, 0.3) is 0 Å². The molecule has 0 aliphatic carbocycles. The molecule has 0 N–H and O–H groups in total. The zero-order chi connectivity index (χ0) is 15.9. The Balaban J connectivity index is 0.00000484. The Labute approximate surface area is 155 Å². The fourth-order valence-corrected chi connectivity index (χ4v) is 3.12. The molecule has 1 aromatic heterocycles. The molecule has 135 valence electrons. The van der Waals surface area contributed by atoms with E-state index in [0.29, 0.717) is 0 Å². The molecule has 0 spiro atoms. The van der Waals surface area contributed by atoms with Crippen LogP contribution in [0.1, 0.15) is 96.8 Å². The number of hydrogen-bond donors (Lipinski definition) is 0. The van der Waals surface area contributed by atoms with E-state index >= 15 is 0 Å². The van der Waals surface area contributed by atoms with Gasteiger partial charge >= 0.3 is 0 Å². The van der Waals surface area contributed by atoms with Crippen LogP contribution in [-0.2, 0) is 30.7 Å². The number of unbranched alkanes of at least 4 members (excludes halogenated alkanes) is 13. The molecule has 0 fully saturated rings. The van der Waals surface area contributed by atoms with E-state index in [0.717, 1.165) is 0 Å². The number of nitrogens with zero attached hydrogens (tertiary/aromatic N) is 2. The molecule has 0 saturated heterocycles. The van der Waals surface area contributed by atoms with Crippen molar-refractivity contribution >= 4 is 0 Å². The van der Waals surface area contributed by atoms with Crippen molar-refractivity contribution in [3.8, 4) is 0 Å². The predicted octanol–water partition coefficient (Wildman–Crippen LogP) is 5.79. The topological polar surface area (TPSA) is 8.81 Å². The van der Waals surface area contributed by atoms with Crippen LogP contribution in [-0.4, -0.2) is 4.57 Å². The van der Waals surface area contributed by atoms with Crippen LogP contribution >= 0.6 is 0 Å². The second-order valence-electron chi connectivity index (χ2n) is 6.91. The van der Waals surface area contributed by atoms with Gasteiger partial charge in [0.2, 0.25) is 6.33 Å². The Hall–Kier alpha value is -0.271. The van der Waals surface area contributed by atoms with Gasteiger partial charge in [-0.2, -0.15) is 0 Å². The molecule has 0 aliphatic rings. The fraction of sp³-hybridized carbons (Fsp3) is 0.850. The molecule has 3 heteroatoms. The average Bonchev–Trinajstić information content (AvgIpc) is 2.93. The van der Waals surface area contributed by atoms with Crippen molar-refractivity contribution in [3.63, 3.8) is 0 Å². The van der Waals surface area contributed by atoms with Gasteiger partial charge in [0, 0.05) is 17.1 Å². The minimum absolute atomic E-state index is 0. The molecule has 1 aromatic rings. The standard InChI is InChI=1S/C20H39N2.Mn/c1-3-4-5-6-7-8-9-10-11-12-13-14-15-16-17-22-19-18-21(2)20-22;/h18-20H,3-17H2,1-2H3;/q+1;. The van der Waals surface area contributed by atoms with E-state index in [1.165, 1.54) is 96.4 Å². The first-order chi connectivity index (χ1) is 10.8. The van der Waals surface area contributed by atoms with Gasteiger partial charge in [0.15, 0.2) is 0 Å². The largest absolute Gasteiger partial charge is 0.243 e. The quantitative estimate of drug-likeness (QED) is 0.212. The van der Waals surface area contributed by atoms with Gasteiger partial charge in [0.05, 0.1) is 13.6 Å². The molecule has 0 aliphatic heterocycles. The summed E-state index contributed by atoms with van der Waals surface area (Å²) < 4.78 is 4.41. The van der Waals surface area contributed by atoms with Crippen molar-refractivity contribution in [2.75, 3.05) is 0 Å². The van der Waals surface area contributed by atoms with E-state index in [1.54, 1.807) is 0 Å². The predicted molar refractivity (Wildman–Crippen MR) is 95.9 cm³/mol. The summed E-state index contributed by atoms with van der Waals surface area (Å²) in [7, 11) is 2.09. The molecule has 0 saturated carbocycles. The summed E-state index contributed by atoms with van der Waals surface area (Å²) in [6, 6.07) is 0. The van der Waals surface area contributed by atoms with Gasteiger partial charge in [-0.25, -0.2) is 9.13 Å². The van der Waals surface area contributed by atoms with E-state index in [2.05, 4.69) is 41.8 Å². The normalized spacial score (nSPS) is 10.7. The number of hydrogen-bond acceptors (Lipinski definition) is 0. The molecule has 0 bridgehead atoms. The molecule has 0 atom stereocenters. The molecular weight excluding hydrogens is 323 g/mol. The van der Waals surface area contributed by atoms with Crippen molar-refractivity contribution in [1.29, 1.82) is 0 Å². The van der Waals surface area contributed by atoms with E-state index in [4.69, 9.17) is 0 Å². The third-order valence-corrected chi connectivity index (χ3v) is 4.59. The molecule has 1 radical (unpaired) electrons. The van der Waals surface area contributed by atoms with Gasteiger partial charge in [0.1, 0.15) is 12.4 Å². The maximum atomic E-state index is 2.29. The Morgan fingerprint density at radius 1 is 0.696 bits per heavy atom. The van der Waals surface area contributed by atoms with E-state index in [1.807, 2.05) is 0 Å². The van der Waals surface area contributed by atoms with Crippen molar-refractivity contribution in [3.05, 3.63) is 18.7 Å². The average molecular weight is 362 g/mol. The SMILES string of the molecule is CCCCCCCCCCCCCCCCn1cc[n+](C)c1.[Mn]. The van der Waals surface area contributed by atoms with E-state index < -0.39 is 0 Å². The molecule has 1 rings (SSSR count). The summed E-state index contributed by atoms with van der Waals surface area (Å²) in [4.78, 5) is 0. The number of aromatic nitrogens is 2. The zero-order valence-corrected chi connectivity index (χ0v) is 16.8. The van der Waals surface area contributed by atoms with Gasteiger partial charge in [-0.15, -0.1) is 0 Å². The molecule has 2 nitrogen and oxygen atoms in total. The van der Waals surface area contributed by atoms with Crippen LogP contribution in [0.25, 0.3) is 0 Å². The first-order valence-corrected chi connectivity index (χ1v) is 9.84. The van der Waals surface area contributed by atoms with Gasteiger partial charge in [-0.3, -0.25) is 0 Å². The molecule has 23 heavy (non-hydrogen) atoms. The Morgan fingerprint density at radius 2 is 1.13 bits per heavy atom. The number of imidazole rings is 1. The van der Waals surface area contributed by atoms with Crippen LogP contribution in [0.15, 0.2) is 18.7 Å². The van der Waals surface area contributed by atoms with Crippen LogP contribution in [0.3, 0.4) is 0 Å². The molecular formula is C20H39MnN2+. The Kier molecular flexibility index (Phi) is 16.4. The Bertz CT molecular complexity index is 349. The summed E-state index contributed by atoms with van der Waals surface area (Å²) in [6.07, 6.45) is 26.5. The van der Waals surface area contributed by atoms with Crippen LogP contribution < -0.4 is 4.57 Å². The summed E-state index contributed by atoms with van der Waals surface area (Å²) in [6.45, 7) is 3.47. The van der Waals surface area contributed by atoms with Crippen molar-refractivity contribution < 1.29 is 21.6 Å². The zero-order valence-electron chi connectivity index (χ0n) is 15.6. The maximum Gasteiger partial charge on any atom is 0.243 e. The summed E-state index contributed by atoms with van der Waals surface area (Å²) in [5.41, 5.74) is 0. The van der Waals surface area contributed by atoms with Crippen LogP contribution in [0.5, 0.6) is 0 Å². The summed E-state index contributed by atoms with van der Waals surface area (Å²) >= 11 is 0. The van der Waals surface area contributed by atoms with Gasteiger partial charge < -0.3 is 0 Å². The van der Waals surface area contributed by atoms with Crippen molar-refractivity contribution in [2.45, 2.75) is 103 Å². The van der Waals surface area contributed by atoms with Crippen LogP contribution in [0.4, 0.5) is 0 Å². The molecule has 0 unspecified atom stereocenters. The van der Waals surface area contributed by atoms with Crippen molar-refractivity contribution in [1.82, 2.24) is 4.57 Å². The van der Waals surface area contributed by atoms with Crippen molar-refractivity contribution in [2.24, 2.45) is 7.05 Å². The van der Waals surface area contributed by atoms with Gasteiger partial charge in [-0.1, -0.05) is 84.0 Å². The van der Waals surface area contributed by atoms with Crippen LogP contribution in [0.2, 0.25) is 0 Å². The summed E-state index contributed by atoms with van der Waals surface area (Å²) in [5.74, 6) is 0. The first-order valence-electron chi connectivity index (χ1n) is 9.84. The fourth-order valence-electron chi connectivity index (χ4n) is 3.12. The van der Waals surface area contributed by atoms with E-state index in [9.17, 15) is 0 Å². The third kappa shape index (κ3) is 13.8. The Morgan fingerprint density at radius 3 is 1.52 bits per heavy atom. The number of aryl methyl sites for hydroxylation is 2. The second kappa shape index (κ2) is 16.6. The third-order valence-electron chi connectivity index (χ3n) is 4.59. The molecule has 0 aromatic carbocycles. The van der Waals surface area contributed by atoms with Crippen LogP contribution in [0, 0.1) is 0 Å². The number of rotatable bonds is 15. The van der Waals surface area contributed by atoms with Gasteiger partial charge in [-0.05, 0) is 12.8 Å². The first kappa shape index (κ1) is 22.7. The monoisotopic (exact) mass is 362 g/mol.